The number of hydrogen-bond acceptors (Lipinski definition) is 6. The van der Waals surface area contributed by atoms with Gasteiger partial charge < -0.3 is 10.1 Å². The van der Waals surface area contributed by atoms with Crippen molar-refractivity contribution >= 4 is 39.8 Å². The number of anilines is 1. The highest BCUT2D eigenvalue weighted by atomic mass is 32.1. The van der Waals surface area contributed by atoms with E-state index >= 15 is 0 Å². The molecular formula is C36H30N4O3S. The summed E-state index contributed by atoms with van der Waals surface area (Å²) < 4.78 is 7.84. The summed E-state index contributed by atoms with van der Waals surface area (Å²) in [5.74, 6) is 0.532. The van der Waals surface area contributed by atoms with Crippen molar-refractivity contribution in [3.8, 4) is 11.8 Å². The maximum atomic E-state index is 14.3. The molecule has 0 aliphatic carbocycles. The molecular weight excluding hydrogens is 568 g/mol. The molecule has 8 heteroatoms. The Labute approximate surface area is 258 Å². The first kappa shape index (κ1) is 28.8. The number of nitriles is 1. The molecule has 1 amide bonds. The number of nitrogens with one attached hydrogen (secondary N) is 1. The Morgan fingerprint density at radius 3 is 2.50 bits per heavy atom. The van der Waals surface area contributed by atoms with Crippen LogP contribution in [-0.4, -0.2) is 17.1 Å². The third kappa shape index (κ3) is 5.46. The summed E-state index contributed by atoms with van der Waals surface area (Å²) in [5.41, 5.74) is 4.05. The molecule has 0 fully saturated rings. The van der Waals surface area contributed by atoms with Gasteiger partial charge in [-0.1, -0.05) is 98.0 Å². The number of carbonyl (C=O) groups is 1. The third-order valence-electron chi connectivity index (χ3n) is 7.72. The fourth-order valence-electron chi connectivity index (χ4n) is 5.50. The van der Waals surface area contributed by atoms with Gasteiger partial charge in [-0.3, -0.25) is 14.2 Å². The molecule has 1 aromatic heterocycles. The lowest BCUT2D eigenvalue weighted by Gasteiger charge is -2.25. The van der Waals surface area contributed by atoms with E-state index in [2.05, 4.69) is 19.2 Å². The van der Waals surface area contributed by atoms with E-state index in [0.29, 0.717) is 43.5 Å². The smallest absolute Gasteiger partial charge is 0.271 e. The minimum absolute atomic E-state index is 0.119. The second-order valence-electron chi connectivity index (χ2n) is 10.9. The maximum absolute atomic E-state index is 14.3. The van der Waals surface area contributed by atoms with Gasteiger partial charge in [-0.15, -0.1) is 0 Å². The molecule has 0 bridgehead atoms. The monoisotopic (exact) mass is 598 g/mol. The van der Waals surface area contributed by atoms with Crippen molar-refractivity contribution in [3.63, 3.8) is 0 Å². The summed E-state index contributed by atoms with van der Waals surface area (Å²) in [5, 5.41) is 14.0. The molecule has 5 aromatic rings. The molecule has 1 atom stereocenters. The van der Waals surface area contributed by atoms with Crippen molar-refractivity contribution in [1.29, 1.82) is 5.26 Å². The van der Waals surface area contributed by atoms with E-state index < -0.39 is 6.04 Å². The molecule has 0 unspecified atom stereocenters. The Hall–Kier alpha value is -5.26. The zero-order valence-corrected chi connectivity index (χ0v) is 25.4. The molecule has 0 saturated carbocycles. The Morgan fingerprint density at radius 1 is 1.05 bits per heavy atom. The summed E-state index contributed by atoms with van der Waals surface area (Å²) in [7, 11) is 0. The van der Waals surface area contributed by atoms with Gasteiger partial charge in [0.25, 0.3) is 11.5 Å². The summed E-state index contributed by atoms with van der Waals surface area (Å²) in [6, 6.07) is 30.3. The highest BCUT2D eigenvalue weighted by molar-refractivity contribution is 7.07. The van der Waals surface area contributed by atoms with Crippen LogP contribution in [0.2, 0.25) is 0 Å². The molecule has 1 N–H and O–H groups in total. The van der Waals surface area contributed by atoms with Gasteiger partial charge in [0.15, 0.2) is 11.4 Å². The number of amides is 1. The highest BCUT2D eigenvalue weighted by Crippen LogP contribution is 2.32. The normalized spacial score (nSPS) is 14.7. The first-order valence-corrected chi connectivity index (χ1v) is 15.2. The average Bonchev–Trinajstić information content (AvgIpc) is 3.34. The second-order valence-corrected chi connectivity index (χ2v) is 11.9. The Morgan fingerprint density at radius 2 is 1.77 bits per heavy atom. The van der Waals surface area contributed by atoms with Gasteiger partial charge >= 0.3 is 0 Å². The average molecular weight is 599 g/mol. The van der Waals surface area contributed by atoms with Crippen LogP contribution < -0.4 is 24.9 Å². The van der Waals surface area contributed by atoms with Gasteiger partial charge in [0, 0.05) is 11.3 Å². The van der Waals surface area contributed by atoms with Gasteiger partial charge in [0.2, 0.25) is 0 Å². The van der Waals surface area contributed by atoms with E-state index in [0.717, 1.165) is 21.9 Å². The fraction of sp³-hybridized carbons (Fsp3) is 0.167. The number of ether oxygens (including phenoxy) is 1. The molecule has 1 aliphatic rings. The Kier molecular flexibility index (Phi) is 7.97. The molecule has 0 spiro atoms. The van der Waals surface area contributed by atoms with Crippen LogP contribution in [-0.2, 0) is 4.79 Å². The van der Waals surface area contributed by atoms with Crippen molar-refractivity contribution < 1.29 is 9.53 Å². The molecule has 7 nitrogen and oxygen atoms in total. The molecule has 2 heterocycles. The number of rotatable bonds is 7. The number of aromatic nitrogens is 1. The van der Waals surface area contributed by atoms with Crippen LogP contribution in [0.4, 0.5) is 5.69 Å². The number of nitrogens with zero attached hydrogens (tertiary/aromatic N) is 3. The number of fused-ring (bicyclic) bond motifs is 2. The van der Waals surface area contributed by atoms with Crippen LogP contribution in [0, 0.1) is 11.3 Å². The van der Waals surface area contributed by atoms with E-state index in [1.54, 1.807) is 10.6 Å². The van der Waals surface area contributed by atoms with Crippen LogP contribution in [0.25, 0.3) is 16.8 Å². The zero-order valence-electron chi connectivity index (χ0n) is 24.6. The first-order valence-electron chi connectivity index (χ1n) is 14.4. The Balaban J connectivity index is 1.55. The van der Waals surface area contributed by atoms with Crippen molar-refractivity contribution in [2.75, 3.05) is 11.9 Å². The number of benzene rings is 4. The summed E-state index contributed by atoms with van der Waals surface area (Å²) in [6.45, 7) is 5.95. The molecule has 0 saturated heterocycles. The molecule has 6 rings (SSSR count). The van der Waals surface area contributed by atoms with Crippen molar-refractivity contribution in [1.82, 2.24) is 4.57 Å². The summed E-state index contributed by atoms with van der Waals surface area (Å²) in [4.78, 5) is 33.4. The minimum atomic E-state index is -0.680. The van der Waals surface area contributed by atoms with Crippen LogP contribution in [0.1, 0.15) is 49.4 Å². The quantitative estimate of drug-likeness (QED) is 0.247. The molecule has 218 valence electrons. The van der Waals surface area contributed by atoms with Gasteiger partial charge in [-0.05, 0) is 59.0 Å². The third-order valence-corrected chi connectivity index (χ3v) is 8.70. The lowest BCUT2D eigenvalue weighted by Crippen LogP contribution is -2.40. The standard InChI is InChI=1S/C36H30N4O3S/c1-22(2)24-13-15-26(16-14-24)33-32(34(41)39-27-10-5-4-6-11-27)23(3)38-36-40(33)35(42)31(44-36)21-29-28-12-8-7-9-25(28)17-18-30(29)43-20-19-37/h4-18,21-22,33H,20H2,1-3H3,(H,39,41)/b31-21-/t33-/m1/s1. The predicted molar refractivity (Wildman–Crippen MR) is 174 cm³/mol. The number of para-hydroxylation sites is 1. The van der Waals surface area contributed by atoms with Gasteiger partial charge in [-0.2, -0.15) is 5.26 Å². The maximum Gasteiger partial charge on any atom is 0.271 e. The fourth-order valence-corrected chi connectivity index (χ4v) is 6.53. The minimum Gasteiger partial charge on any atom is -0.478 e. The number of hydrogen-bond donors (Lipinski definition) is 1. The molecule has 4 aromatic carbocycles. The molecule has 0 radical (unpaired) electrons. The van der Waals surface area contributed by atoms with E-state index in [9.17, 15) is 9.59 Å². The SMILES string of the molecule is CC1=C(C(=O)Nc2ccccc2)[C@@H](c2ccc(C(C)C)cc2)n2c(s/c(=C\c3c(OCC#N)ccc4ccccc34)c2=O)=N1. The van der Waals surface area contributed by atoms with Crippen molar-refractivity contribution in [3.05, 3.63) is 139 Å². The second kappa shape index (κ2) is 12.2. The van der Waals surface area contributed by atoms with Gasteiger partial charge in [-0.25, -0.2) is 4.99 Å². The van der Waals surface area contributed by atoms with E-state index in [1.807, 2.05) is 104 Å². The lowest BCUT2D eigenvalue weighted by molar-refractivity contribution is -0.113. The van der Waals surface area contributed by atoms with Gasteiger partial charge in [0.1, 0.15) is 11.8 Å². The molecule has 44 heavy (non-hydrogen) atoms. The topological polar surface area (TPSA) is 96.5 Å². The van der Waals surface area contributed by atoms with Crippen LogP contribution >= 0.6 is 11.3 Å². The van der Waals surface area contributed by atoms with E-state index in [-0.39, 0.29) is 18.1 Å². The highest BCUT2D eigenvalue weighted by Gasteiger charge is 2.32. The van der Waals surface area contributed by atoms with Crippen LogP contribution in [0.3, 0.4) is 0 Å². The van der Waals surface area contributed by atoms with Crippen LogP contribution in [0.5, 0.6) is 5.75 Å². The van der Waals surface area contributed by atoms with Gasteiger partial charge in [0.05, 0.1) is 21.8 Å². The first-order chi connectivity index (χ1) is 21.4. The van der Waals surface area contributed by atoms with E-state index in [1.165, 1.54) is 11.3 Å². The van der Waals surface area contributed by atoms with Crippen molar-refractivity contribution in [2.45, 2.75) is 32.7 Å². The molecule has 1 aliphatic heterocycles. The largest absolute Gasteiger partial charge is 0.478 e. The number of thiazole rings is 1. The lowest BCUT2D eigenvalue weighted by atomic mass is 9.93. The summed E-state index contributed by atoms with van der Waals surface area (Å²) in [6.07, 6.45) is 1.81. The van der Waals surface area contributed by atoms with E-state index in [4.69, 9.17) is 15.0 Å². The van der Waals surface area contributed by atoms with Crippen LogP contribution in [0.15, 0.2) is 112 Å². The number of carbonyl (C=O) groups excluding carboxylic acids is 1. The Bertz CT molecular complexity index is 2140. The number of allylic oxidation sites excluding steroid dienone is 1. The van der Waals surface area contributed by atoms with Crippen molar-refractivity contribution in [2.24, 2.45) is 4.99 Å². The predicted octanol–water partition coefficient (Wildman–Crippen LogP) is 6.05. The summed E-state index contributed by atoms with van der Waals surface area (Å²) >= 11 is 1.27. The zero-order chi connectivity index (χ0) is 30.8.